The molecule has 3 aliphatic rings. The Bertz CT molecular complexity index is 484. The first-order valence-corrected chi connectivity index (χ1v) is 7.77. The van der Waals surface area contributed by atoms with Crippen molar-refractivity contribution in [2.24, 2.45) is 11.3 Å². The molecule has 0 aromatic rings. The van der Waals surface area contributed by atoms with Crippen LogP contribution in [0.2, 0.25) is 0 Å². The third kappa shape index (κ3) is 2.61. The van der Waals surface area contributed by atoms with Crippen LogP contribution in [-0.4, -0.2) is 33.8 Å². The number of carbonyl (C=O) groups excluding carboxylic acids is 2. The fourth-order valence-electron chi connectivity index (χ4n) is 4.09. The van der Waals surface area contributed by atoms with Crippen molar-refractivity contribution in [1.29, 1.82) is 0 Å². The van der Waals surface area contributed by atoms with E-state index in [4.69, 9.17) is 5.11 Å². The van der Waals surface area contributed by atoms with Crippen LogP contribution in [0.25, 0.3) is 0 Å². The van der Waals surface area contributed by atoms with Gasteiger partial charge in [-0.15, -0.1) is 0 Å². The molecule has 3 rings (SSSR count). The molecule has 0 radical (unpaired) electrons. The zero-order valence-electron chi connectivity index (χ0n) is 12.1. The van der Waals surface area contributed by atoms with Crippen LogP contribution in [0.4, 0.5) is 0 Å². The van der Waals surface area contributed by atoms with Gasteiger partial charge in [0.05, 0.1) is 12.0 Å². The summed E-state index contributed by atoms with van der Waals surface area (Å²) in [6.07, 6.45) is 9.84. The number of likely N-dealkylation sites (tertiary alicyclic amines) is 1. The first-order chi connectivity index (χ1) is 10.0. The Labute approximate surface area is 124 Å². The van der Waals surface area contributed by atoms with Gasteiger partial charge in [-0.05, 0) is 24.7 Å². The van der Waals surface area contributed by atoms with Gasteiger partial charge in [0, 0.05) is 12.8 Å². The lowest BCUT2D eigenvalue weighted by Crippen LogP contribution is -2.52. The predicted molar refractivity (Wildman–Crippen MR) is 75.3 cm³/mol. The fourth-order valence-corrected chi connectivity index (χ4v) is 4.09. The zero-order chi connectivity index (χ0) is 15.0. The summed E-state index contributed by atoms with van der Waals surface area (Å²) >= 11 is 0. The molecule has 2 aliphatic carbocycles. The third-order valence-electron chi connectivity index (χ3n) is 5.21. The highest BCUT2D eigenvalue weighted by atomic mass is 16.4. The Morgan fingerprint density at radius 2 is 1.71 bits per heavy atom. The molecule has 2 amide bonds. The Morgan fingerprint density at radius 3 is 2.24 bits per heavy atom. The molecular formula is C16H21NO4. The summed E-state index contributed by atoms with van der Waals surface area (Å²) in [6.45, 7) is 0. The first-order valence-electron chi connectivity index (χ1n) is 7.77. The van der Waals surface area contributed by atoms with Crippen molar-refractivity contribution in [3.63, 3.8) is 0 Å². The van der Waals surface area contributed by atoms with Gasteiger partial charge in [0.15, 0.2) is 0 Å². The van der Waals surface area contributed by atoms with Crippen LogP contribution in [0.1, 0.15) is 51.4 Å². The highest BCUT2D eigenvalue weighted by Crippen LogP contribution is 2.46. The predicted octanol–water partition coefficient (Wildman–Crippen LogP) is 2.12. The smallest absolute Gasteiger partial charge is 0.310 e. The highest BCUT2D eigenvalue weighted by Gasteiger charge is 2.46. The number of hydrogen-bond acceptors (Lipinski definition) is 3. The van der Waals surface area contributed by atoms with Gasteiger partial charge in [-0.2, -0.15) is 0 Å². The lowest BCUT2D eigenvalue weighted by Gasteiger charge is -2.43. The number of carbonyl (C=O) groups is 3. The van der Waals surface area contributed by atoms with Gasteiger partial charge >= 0.3 is 5.97 Å². The van der Waals surface area contributed by atoms with E-state index < -0.39 is 11.9 Å². The summed E-state index contributed by atoms with van der Waals surface area (Å²) < 4.78 is 0. The second kappa shape index (κ2) is 5.28. The van der Waals surface area contributed by atoms with Gasteiger partial charge in [-0.1, -0.05) is 31.4 Å². The van der Waals surface area contributed by atoms with Crippen LogP contribution < -0.4 is 0 Å². The first kappa shape index (κ1) is 14.3. The van der Waals surface area contributed by atoms with Crippen LogP contribution in [0.3, 0.4) is 0 Å². The molecule has 1 saturated carbocycles. The van der Waals surface area contributed by atoms with Crippen molar-refractivity contribution in [3.05, 3.63) is 12.2 Å². The van der Waals surface area contributed by atoms with Gasteiger partial charge in [0.2, 0.25) is 11.8 Å². The number of hydrogen-bond donors (Lipinski definition) is 1. The molecule has 21 heavy (non-hydrogen) atoms. The fraction of sp³-hybridized carbons (Fsp3) is 0.688. The Hall–Kier alpha value is -1.65. The highest BCUT2D eigenvalue weighted by molar-refractivity contribution is 5.99. The normalized spacial score (nSPS) is 31.9. The minimum Gasteiger partial charge on any atom is -0.481 e. The van der Waals surface area contributed by atoms with E-state index >= 15 is 0 Å². The van der Waals surface area contributed by atoms with E-state index in [9.17, 15) is 14.4 Å². The lowest BCUT2D eigenvalue weighted by atomic mass is 9.67. The summed E-state index contributed by atoms with van der Waals surface area (Å²) in [7, 11) is 0. The van der Waals surface area contributed by atoms with Crippen LogP contribution in [0.5, 0.6) is 0 Å². The zero-order valence-corrected chi connectivity index (χ0v) is 12.1. The van der Waals surface area contributed by atoms with Gasteiger partial charge in [0.25, 0.3) is 0 Å². The van der Waals surface area contributed by atoms with E-state index in [2.05, 4.69) is 0 Å². The second-order valence-electron chi connectivity index (χ2n) is 6.70. The van der Waals surface area contributed by atoms with E-state index in [1.807, 2.05) is 0 Å². The topological polar surface area (TPSA) is 74.7 Å². The molecule has 5 heteroatoms. The summed E-state index contributed by atoms with van der Waals surface area (Å²) in [5, 5.41) is 9.02. The number of piperidine rings is 1. The van der Waals surface area contributed by atoms with Crippen LogP contribution in [-0.2, 0) is 14.4 Å². The van der Waals surface area contributed by atoms with E-state index in [1.165, 1.54) is 11.3 Å². The monoisotopic (exact) mass is 291 g/mol. The average molecular weight is 291 g/mol. The molecule has 0 aromatic carbocycles. The van der Waals surface area contributed by atoms with Crippen molar-refractivity contribution in [2.75, 3.05) is 0 Å². The molecule has 1 heterocycles. The molecule has 2 unspecified atom stereocenters. The SMILES string of the molecule is O=C(O)C1C=CC(N2C(=O)CC3(CCCCC3)CC2=O)C1. The maximum Gasteiger partial charge on any atom is 0.310 e. The third-order valence-corrected chi connectivity index (χ3v) is 5.21. The second-order valence-corrected chi connectivity index (χ2v) is 6.70. The number of nitrogens with zero attached hydrogens (tertiary/aromatic N) is 1. The van der Waals surface area contributed by atoms with Crippen molar-refractivity contribution in [3.8, 4) is 0 Å². The Morgan fingerprint density at radius 1 is 1.10 bits per heavy atom. The lowest BCUT2D eigenvalue weighted by molar-refractivity contribution is -0.157. The van der Waals surface area contributed by atoms with E-state index in [0.717, 1.165) is 25.7 Å². The van der Waals surface area contributed by atoms with Gasteiger partial charge in [-0.3, -0.25) is 19.3 Å². The molecule has 2 fully saturated rings. The van der Waals surface area contributed by atoms with E-state index in [0.29, 0.717) is 19.3 Å². The number of carboxylic acids is 1. The molecule has 0 bridgehead atoms. The minimum atomic E-state index is -0.894. The average Bonchev–Trinajstić information content (AvgIpc) is 2.88. The van der Waals surface area contributed by atoms with Crippen molar-refractivity contribution in [1.82, 2.24) is 4.90 Å². The van der Waals surface area contributed by atoms with Crippen LogP contribution in [0, 0.1) is 11.3 Å². The Kier molecular flexibility index (Phi) is 3.59. The van der Waals surface area contributed by atoms with Gasteiger partial charge in [-0.25, -0.2) is 0 Å². The molecule has 1 aliphatic heterocycles. The van der Waals surface area contributed by atoms with Crippen LogP contribution in [0.15, 0.2) is 12.2 Å². The van der Waals surface area contributed by atoms with E-state index in [-0.39, 0.29) is 23.3 Å². The standard InChI is InChI=1S/C16H21NO4/c18-13-9-16(6-2-1-3-7-16)10-14(19)17(13)12-5-4-11(8-12)15(20)21/h4-5,11-12H,1-3,6-10H2,(H,20,21). The number of imide groups is 1. The molecule has 5 nitrogen and oxygen atoms in total. The molecule has 2 atom stereocenters. The number of rotatable bonds is 2. The van der Waals surface area contributed by atoms with Crippen molar-refractivity contribution in [2.45, 2.75) is 57.4 Å². The van der Waals surface area contributed by atoms with Gasteiger partial charge < -0.3 is 5.11 Å². The quantitative estimate of drug-likeness (QED) is 0.624. The number of aliphatic carboxylic acids is 1. The number of amides is 2. The van der Waals surface area contributed by atoms with Gasteiger partial charge in [0.1, 0.15) is 0 Å². The molecular weight excluding hydrogens is 270 g/mol. The Balaban J connectivity index is 1.72. The van der Waals surface area contributed by atoms with Crippen molar-refractivity contribution >= 4 is 17.8 Å². The van der Waals surface area contributed by atoms with Crippen molar-refractivity contribution < 1.29 is 19.5 Å². The van der Waals surface area contributed by atoms with E-state index in [1.54, 1.807) is 12.2 Å². The maximum atomic E-state index is 12.5. The minimum absolute atomic E-state index is 0.114. The summed E-state index contributed by atoms with van der Waals surface area (Å²) in [5.74, 6) is -1.71. The summed E-state index contributed by atoms with van der Waals surface area (Å²) in [5.41, 5.74) is -0.114. The molecule has 114 valence electrons. The summed E-state index contributed by atoms with van der Waals surface area (Å²) in [6, 6.07) is -0.368. The maximum absolute atomic E-state index is 12.5. The summed E-state index contributed by atoms with van der Waals surface area (Å²) in [4.78, 5) is 37.2. The molecule has 0 aromatic heterocycles. The number of carboxylic acid groups (broad SMARTS) is 1. The molecule has 1 N–H and O–H groups in total. The molecule has 1 saturated heterocycles. The van der Waals surface area contributed by atoms with Crippen LogP contribution >= 0.6 is 0 Å². The largest absolute Gasteiger partial charge is 0.481 e. The molecule has 1 spiro atoms.